The first-order valence-electron chi connectivity index (χ1n) is 7.28. The van der Waals surface area contributed by atoms with E-state index in [0.29, 0.717) is 12.1 Å². The highest BCUT2D eigenvalue weighted by Crippen LogP contribution is 2.31. The molecule has 0 saturated carbocycles. The van der Waals surface area contributed by atoms with Crippen LogP contribution in [0, 0.1) is 0 Å². The number of allylic oxidation sites excluding steroid dienone is 1. The van der Waals surface area contributed by atoms with E-state index >= 15 is 0 Å². The minimum absolute atomic E-state index is 0.332. The van der Waals surface area contributed by atoms with Crippen LogP contribution in [0.5, 0.6) is 0 Å². The Morgan fingerprint density at radius 3 is 2.61 bits per heavy atom. The molecule has 1 saturated heterocycles. The van der Waals surface area contributed by atoms with Gasteiger partial charge in [-0.15, -0.1) is 0 Å². The molecule has 1 fully saturated rings. The first-order chi connectivity index (χ1) is 11.2. The summed E-state index contributed by atoms with van der Waals surface area (Å²) < 4.78 is 0. The lowest BCUT2D eigenvalue weighted by Gasteiger charge is -2.22. The van der Waals surface area contributed by atoms with Crippen molar-refractivity contribution in [1.29, 1.82) is 0 Å². The minimum Gasteiger partial charge on any atom is -0.516 e. The van der Waals surface area contributed by atoms with E-state index in [9.17, 15) is 9.59 Å². The third-order valence-corrected chi connectivity index (χ3v) is 3.72. The van der Waals surface area contributed by atoms with Crippen LogP contribution in [0.1, 0.15) is 17.2 Å². The third-order valence-electron chi connectivity index (χ3n) is 3.72. The Hall–Kier alpha value is -3.08. The van der Waals surface area contributed by atoms with E-state index in [2.05, 4.69) is 5.32 Å². The molecule has 2 aromatic carbocycles. The van der Waals surface area contributed by atoms with Crippen LogP contribution in [0.15, 0.2) is 66.9 Å². The Morgan fingerprint density at radius 1 is 1.09 bits per heavy atom. The molecule has 1 unspecified atom stereocenters. The van der Waals surface area contributed by atoms with Gasteiger partial charge in [0.25, 0.3) is 5.91 Å². The summed E-state index contributed by atoms with van der Waals surface area (Å²) in [6.45, 7) is 0. The van der Waals surface area contributed by atoms with Crippen LogP contribution in [-0.2, 0) is 11.2 Å². The molecule has 0 bridgehead atoms. The van der Waals surface area contributed by atoms with Crippen LogP contribution in [0.4, 0.5) is 10.5 Å². The van der Waals surface area contributed by atoms with E-state index in [0.717, 1.165) is 17.4 Å². The number of benzene rings is 2. The number of hydrogen-bond acceptors (Lipinski definition) is 3. The van der Waals surface area contributed by atoms with Crippen LogP contribution in [0.2, 0.25) is 0 Å². The van der Waals surface area contributed by atoms with E-state index in [-0.39, 0.29) is 5.91 Å². The smallest absolute Gasteiger partial charge is 0.329 e. The van der Waals surface area contributed by atoms with Crippen molar-refractivity contribution in [3.8, 4) is 0 Å². The minimum atomic E-state index is -0.674. The average molecular weight is 308 g/mol. The summed E-state index contributed by atoms with van der Waals surface area (Å²) in [5.74, 6) is -0.332. The summed E-state index contributed by atoms with van der Waals surface area (Å²) in [7, 11) is 0. The number of carbonyl (C=O) groups is 2. The largest absolute Gasteiger partial charge is 0.516 e. The molecule has 1 aliphatic heterocycles. The van der Waals surface area contributed by atoms with Crippen molar-refractivity contribution in [3.05, 3.63) is 78.1 Å². The molecule has 0 spiro atoms. The zero-order valence-electron chi connectivity index (χ0n) is 12.3. The quantitative estimate of drug-likeness (QED) is 0.673. The Kier molecular flexibility index (Phi) is 4.10. The summed E-state index contributed by atoms with van der Waals surface area (Å²) in [5.41, 5.74) is 2.34. The van der Waals surface area contributed by atoms with Crippen LogP contribution in [-0.4, -0.2) is 17.0 Å². The van der Waals surface area contributed by atoms with Crippen LogP contribution in [0.25, 0.3) is 0 Å². The molecule has 116 valence electrons. The Bertz CT molecular complexity index is 756. The molecule has 0 aliphatic carbocycles. The number of amides is 3. The highest BCUT2D eigenvalue weighted by atomic mass is 16.2. The van der Waals surface area contributed by atoms with Gasteiger partial charge in [0.1, 0.15) is 6.04 Å². The average Bonchev–Trinajstić information content (AvgIpc) is 2.88. The molecular weight excluding hydrogens is 292 g/mol. The van der Waals surface area contributed by atoms with E-state index in [1.54, 1.807) is 12.1 Å². The standard InChI is InChI=1S/C18H16N2O3/c21-11-5-7-13-6-4-10-15(12-13)20-16(17(22)19-18(20)23)14-8-2-1-3-9-14/h1-6,8-12,16,21H,7H2,(H,19,22,23). The number of rotatable bonds is 4. The number of nitrogens with zero attached hydrogens (tertiary/aromatic N) is 1. The molecule has 0 aromatic heterocycles. The predicted octanol–water partition coefficient (Wildman–Crippen LogP) is 3.10. The molecule has 0 radical (unpaired) electrons. The van der Waals surface area contributed by atoms with Gasteiger partial charge in [-0.25, -0.2) is 4.79 Å². The van der Waals surface area contributed by atoms with E-state index in [1.165, 1.54) is 4.90 Å². The molecule has 3 rings (SSSR count). The number of imide groups is 1. The van der Waals surface area contributed by atoms with Gasteiger partial charge in [-0.2, -0.15) is 0 Å². The summed E-state index contributed by atoms with van der Waals surface area (Å²) in [6.07, 6.45) is 3.15. The van der Waals surface area contributed by atoms with Gasteiger partial charge in [-0.05, 0) is 35.8 Å². The Morgan fingerprint density at radius 2 is 1.87 bits per heavy atom. The second-order valence-corrected chi connectivity index (χ2v) is 5.24. The maximum Gasteiger partial charge on any atom is 0.329 e. The second-order valence-electron chi connectivity index (χ2n) is 5.24. The number of anilines is 1. The molecule has 23 heavy (non-hydrogen) atoms. The third kappa shape index (κ3) is 2.94. The van der Waals surface area contributed by atoms with Gasteiger partial charge in [-0.3, -0.25) is 15.0 Å². The van der Waals surface area contributed by atoms with Gasteiger partial charge in [0.05, 0.1) is 6.26 Å². The van der Waals surface area contributed by atoms with Crippen molar-refractivity contribution in [2.45, 2.75) is 12.5 Å². The van der Waals surface area contributed by atoms with Gasteiger partial charge < -0.3 is 5.11 Å². The zero-order valence-corrected chi connectivity index (χ0v) is 12.3. The lowest BCUT2D eigenvalue weighted by Crippen LogP contribution is -2.29. The maximum absolute atomic E-state index is 12.2. The normalized spacial score (nSPS) is 17.7. The molecular formula is C18H16N2O3. The van der Waals surface area contributed by atoms with E-state index in [4.69, 9.17) is 5.11 Å². The van der Waals surface area contributed by atoms with Crippen molar-refractivity contribution in [1.82, 2.24) is 5.32 Å². The maximum atomic E-state index is 12.2. The van der Waals surface area contributed by atoms with Crippen molar-refractivity contribution < 1.29 is 14.7 Å². The number of aliphatic hydroxyl groups is 1. The van der Waals surface area contributed by atoms with Gasteiger partial charge >= 0.3 is 6.03 Å². The van der Waals surface area contributed by atoms with Crippen molar-refractivity contribution in [2.24, 2.45) is 0 Å². The lowest BCUT2D eigenvalue weighted by atomic mass is 10.0. The lowest BCUT2D eigenvalue weighted by molar-refractivity contribution is -0.119. The summed E-state index contributed by atoms with van der Waals surface area (Å²) in [5, 5.41) is 11.1. The number of urea groups is 1. The Labute approximate surface area is 133 Å². The topological polar surface area (TPSA) is 69.6 Å². The molecule has 1 aliphatic rings. The van der Waals surface area contributed by atoms with Gasteiger partial charge in [-0.1, -0.05) is 42.5 Å². The van der Waals surface area contributed by atoms with Gasteiger partial charge in [0, 0.05) is 5.69 Å². The number of nitrogens with one attached hydrogen (secondary N) is 1. The number of aliphatic hydroxyl groups excluding tert-OH is 1. The van der Waals surface area contributed by atoms with Gasteiger partial charge in [0.15, 0.2) is 0 Å². The molecule has 2 aromatic rings. The number of hydrogen-bond donors (Lipinski definition) is 2. The predicted molar refractivity (Wildman–Crippen MR) is 87.1 cm³/mol. The van der Waals surface area contributed by atoms with E-state index < -0.39 is 12.1 Å². The van der Waals surface area contributed by atoms with Crippen molar-refractivity contribution in [3.63, 3.8) is 0 Å². The monoisotopic (exact) mass is 308 g/mol. The molecule has 5 nitrogen and oxygen atoms in total. The highest BCUT2D eigenvalue weighted by Gasteiger charge is 2.40. The Balaban J connectivity index is 1.99. The summed E-state index contributed by atoms with van der Waals surface area (Å²) >= 11 is 0. The van der Waals surface area contributed by atoms with Crippen molar-refractivity contribution >= 4 is 17.6 Å². The van der Waals surface area contributed by atoms with E-state index in [1.807, 2.05) is 48.5 Å². The van der Waals surface area contributed by atoms with Crippen molar-refractivity contribution in [2.75, 3.05) is 4.90 Å². The highest BCUT2D eigenvalue weighted by molar-refractivity contribution is 6.14. The fourth-order valence-corrected chi connectivity index (χ4v) is 2.69. The fraction of sp³-hybridized carbons (Fsp3) is 0.111. The number of carbonyl (C=O) groups excluding carboxylic acids is 2. The van der Waals surface area contributed by atoms with Crippen LogP contribution in [0.3, 0.4) is 0 Å². The summed E-state index contributed by atoms with van der Waals surface area (Å²) in [6, 6.07) is 15.5. The fourth-order valence-electron chi connectivity index (χ4n) is 2.69. The van der Waals surface area contributed by atoms with Crippen LogP contribution >= 0.6 is 0 Å². The molecule has 1 heterocycles. The molecule has 2 N–H and O–H groups in total. The second kappa shape index (κ2) is 6.36. The summed E-state index contributed by atoms with van der Waals surface area (Å²) in [4.78, 5) is 25.9. The first-order valence-corrected chi connectivity index (χ1v) is 7.28. The molecule has 1 atom stereocenters. The zero-order chi connectivity index (χ0) is 16.2. The molecule has 5 heteroatoms. The SMILES string of the molecule is O=C1NC(=O)N(c2cccc(CC=CO)c2)C1c1ccccc1. The first kappa shape index (κ1) is 14.8. The van der Waals surface area contributed by atoms with Gasteiger partial charge in [0.2, 0.25) is 0 Å². The van der Waals surface area contributed by atoms with Crippen LogP contribution < -0.4 is 10.2 Å². The molecule has 3 amide bonds.